The molecule has 0 bridgehead atoms. The first kappa shape index (κ1) is 37.8. The first-order valence-electron chi connectivity index (χ1n) is 0.224. The summed E-state index contributed by atoms with van der Waals surface area (Å²) in [7, 11) is 0. The molecule has 0 aromatic rings. The van der Waals surface area contributed by atoms with Crippen LogP contribution >= 0.6 is 0 Å². The molecule has 4 heavy (non-hydrogen) atoms. The summed E-state index contributed by atoms with van der Waals surface area (Å²) in [5, 5.41) is 6.25. The topological polar surface area (TPSA) is 58.8 Å². The third-order valence-corrected chi connectivity index (χ3v) is 0. The second-order valence-corrected chi connectivity index (χ2v) is 0. The molecule has 25 valence electrons. The zero-order chi connectivity index (χ0) is 2.00. The molecule has 0 atom stereocenters. The van der Waals surface area contributed by atoms with Gasteiger partial charge in [0.1, 0.15) is 0 Å². The van der Waals surface area contributed by atoms with Gasteiger partial charge in [0, 0.05) is 0 Å². The maximum Gasteiger partial charge on any atom is 2.00 e. The fourth-order valence-corrected chi connectivity index (χ4v) is 0. The quantitative estimate of drug-likeness (QED) is 0.446. The molecular weight excluding hydrogens is 99.0 g/mol. The minimum absolute atomic E-state index is 0. The Morgan fingerprint density at radius 2 is 1.25 bits per heavy atom. The SMILES string of the molecule is N.[C-]#N.[Co+2]. The van der Waals surface area contributed by atoms with Gasteiger partial charge in [0.25, 0.3) is 0 Å². The molecule has 0 aliphatic rings. The van der Waals surface area contributed by atoms with Crippen LogP contribution in [-0.2, 0) is 16.8 Å². The maximum absolute atomic E-state index is 6.25. The second kappa shape index (κ2) is 5980. The summed E-state index contributed by atoms with van der Waals surface area (Å²) < 4.78 is 0. The average molecular weight is 102 g/mol. The monoisotopic (exact) mass is 102 g/mol. The summed E-state index contributed by atoms with van der Waals surface area (Å²) >= 11 is 0. The fraction of sp³-hybridized carbons (Fsp3) is 0. The molecule has 0 unspecified atom stereocenters. The summed E-state index contributed by atoms with van der Waals surface area (Å²) in [6.07, 6.45) is 0. The Hall–Kier alpha value is -0.0435. The molecule has 0 aliphatic carbocycles. The molecule has 2 nitrogen and oxygen atoms in total. The molecule has 0 amide bonds. The number of nitrogens with zero attached hydrogens (tertiary/aromatic N) is 1. The molecule has 0 spiro atoms. The van der Waals surface area contributed by atoms with Gasteiger partial charge in [-0.2, -0.15) is 0 Å². The van der Waals surface area contributed by atoms with Crippen molar-refractivity contribution in [3.8, 4) is 0 Å². The molecule has 0 fully saturated rings. The van der Waals surface area contributed by atoms with Crippen LogP contribution in [0.5, 0.6) is 0 Å². The van der Waals surface area contributed by atoms with Gasteiger partial charge in [-0.3, -0.25) is 0 Å². The van der Waals surface area contributed by atoms with E-state index >= 15 is 0 Å². The summed E-state index contributed by atoms with van der Waals surface area (Å²) in [5.74, 6) is 0. The van der Waals surface area contributed by atoms with E-state index < -0.39 is 0 Å². The predicted molar refractivity (Wildman–Crippen MR) is 9.99 cm³/mol. The van der Waals surface area contributed by atoms with Crippen molar-refractivity contribution in [3.63, 3.8) is 0 Å². The van der Waals surface area contributed by atoms with Crippen molar-refractivity contribution in [2.75, 3.05) is 0 Å². The van der Waals surface area contributed by atoms with Crippen LogP contribution in [0.25, 0.3) is 0 Å². The number of hydrogen-bond acceptors (Lipinski definition) is 2. The van der Waals surface area contributed by atoms with Gasteiger partial charge in [0.15, 0.2) is 0 Å². The van der Waals surface area contributed by atoms with E-state index in [2.05, 4.69) is 0 Å². The molecular formula is CH3CoN2+. The first-order valence-corrected chi connectivity index (χ1v) is 0.224. The van der Waals surface area contributed by atoms with E-state index in [1.807, 2.05) is 0 Å². The first-order chi connectivity index (χ1) is 1.00. The van der Waals surface area contributed by atoms with E-state index in [0.29, 0.717) is 0 Å². The Labute approximate surface area is 35.6 Å². The van der Waals surface area contributed by atoms with Gasteiger partial charge in [-0.1, -0.05) is 0 Å². The van der Waals surface area contributed by atoms with E-state index in [1.54, 1.807) is 0 Å². The van der Waals surface area contributed by atoms with Crippen LogP contribution in [0, 0.1) is 11.8 Å². The fourth-order valence-electron chi connectivity index (χ4n) is 0. The van der Waals surface area contributed by atoms with Crippen molar-refractivity contribution in [3.05, 3.63) is 6.57 Å². The van der Waals surface area contributed by atoms with Crippen LogP contribution in [0.2, 0.25) is 0 Å². The molecule has 0 rings (SSSR count). The Balaban J connectivity index is -0.00000000500. The minimum atomic E-state index is 0. The zero-order valence-electron chi connectivity index (χ0n) is 1.99. The summed E-state index contributed by atoms with van der Waals surface area (Å²) in [4.78, 5) is 0. The molecule has 3 N–H and O–H groups in total. The molecule has 1 radical (unpaired) electrons. The normalized spacial score (nSPS) is 0.500. The molecule has 0 heterocycles. The van der Waals surface area contributed by atoms with E-state index in [9.17, 15) is 0 Å². The Morgan fingerprint density at radius 1 is 1.25 bits per heavy atom. The third-order valence-electron chi connectivity index (χ3n) is 0. The van der Waals surface area contributed by atoms with Gasteiger partial charge >= 0.3 is 16.8 Å². The van der Waals surface area contributed by atoms with Crippen LogP contribution in [0.15, 0.2) is 0 Å². The van der Waals surface area contributed by atoms with E-state index in [4.69, 9.17) is 11.8 Å². The van der Waals surface area contributed by atoms with Crippen molar-refractivity contribution < 1.29 is 16.8 Å². The van der Waals surface area contributed by atoms with E-state index in [0.717, 1.165) is 0 Å². The van der Waals surface area contributed by atoms with Crippen LogP contribution in [0.4, 0.5) is 0 Å². The number of rotatable bonds is 0. The second-order valence-electron chi connectivity index (χ2n) is 0. The third kappa shape index (κ3) is 946. The smallest absolute Gasteiger partial charge is 0.512 e. The standard InChI is InChI=1S/CN.Co.H3N/c1-2;;/h;;1H3/q-1;+2;. The van der Waals surface area contributed by atoms with Gasteiger partial charge in [-0.05, 0) is 0 Å². The Kier molecular flexibility index (Phi) is 56500. The predicted octanol–water partition coefficient (Wildman–Crippen LogP) is 0.256. The molecule has 0 aromatic carbocycles. The molecule has 0 aromatic heterocycles. The average Bonchev–Trinajstić information content (AvgIpc) is 1.00. The molecule has 0 saturated carbocycles. The largest absolute Gasteiger partial charge is 2.00 e. The van der Waals surface area contributed by atoms with Crippen LogP contribution in [0.1, 0.15) is 0 Å². The van der Waals surface area contributed by atoms with Gasteiger partial charge in [0.05, 0.1) is 0 Å². The van der Waals surface area contributed by atoms with E-state index in [-0.39, 0.29) is 22.9 Å². The van der Waals surface area contributed by atoms with Crippen LogP contribution in [-0.4, -0.2) is 0 Å². The molecule has 3 heteroatoms. The van der Waals surface area contributed by atoms with Gasteiger partial charge in [0.2, 0.25) is 0 Å². The van der Waals surface area contributed by atoms with Crippen molar-refractivity contribution in [2.24, 2.45) is 0 Å². The van der Waals surface area contributed by atoms with Gasteiger partial charge in [-0.15, -0.1) is 0 Å². The van der Waals surface area contributed by atoms with Crippen molar-refractivity contribution >= 4 is 0 Å². The Bertz CT molecular complexity index is 10.8. The molecule has 0 saturated heterocycles. The maximum atomic E-state index is 6.25. The van der Waals surface area contributed by atoms with Crippen LogP contribution < -0.4 is 6.15 Å². The van der Waals surface area contributed by atoms with Crippen molar-refractivity contribution in [2.45, 2.75) is 0 Å². The van der Waals surface area contributed by atoms with Gasteiger partial charge in [-0.25, -0.2) is 0 Å². The van der Waals surface area contributed by atoms with Crippen molar-refractivity contribution in [1.29, 1.82) is 5.26 Å². The summed E-state index contributed by atoms with van der Waals surface area (Å²) in [6, 6.07) is 0. The molecule has 0 aliphatic heterocycles. The summed E-state index contributed by atoms with van der Waals surface area (Å²) in [6.45, 7) is 4.75. The number of hydrogen-bond donors (Lipinski definition) is 1. The van der Waals surface area contributed by atoms with Gasteiger partial charge < -0.3 is 18.0 Å². The van der Waals surface area contributed by atoms with Crippen molar-refractivity contribution in [1.82, 2.24) is 6.15 Å². The van der Waals surface area contributed by atoms with E-state index in [1.165, 1.54) is 0 Å². The summed E-state index contributed by atoms with van der Waals surface area (Å²) in [5.41, 5.74) is 0. The van der Waals surface area contributed by atoms with Crippen LogP contribution in [0.3, 0.4) is 0 Å². The Morgan fingerprint density at radius 3 is 1.25 bits per heavy atom. The zero-order valence-corrected chi connectivity index (χ0v) is 3.03. The minimum Gasteiger partial charge on any atom is -0.512 e.